The maximum absolute atomic E-state index is 13.6. The largest absolute Gasteiger partial charge is 0.344 e. The topological polar surface area (TPSA) is 58.2 Å². The Kier molecular flexibility index (Phi) is 5.30. The molecule has 1 atom stereocenters. The van der Waals surface area contributed by atoms with Gasteiger partial charge in [-0.2, -0.15) is 0 Å². The molecule has 1 aromatic carbocycles. The summed E-state index contributed by atoms with van der Waals surface area (Å²) in [5.74, 6) is -1.51. The van der Waals surface area contributed by atoms with Crippen LogP contribution in [0.2, 0.25) is 5.02 Å². The number of carbonyl (C=O) groups excluding carboxylic acids is 2. The molecule has 0 bridgehead atoms. The van der Waals surface area contributed by atoms with Crippen molar-refractivity contribution < 1.29 is 14.0 Å². The first-order valence-electron chi connectivity index (χ1n) is 5.84. The first-order chi connectivity index (χ1) is 8.81. The van der Waals surface area contributed by atoms with Gasteiger partial charge < -0.3 is 10.6 Å². The molecular weight excluding hydrogens is 271 g/mol. The SMILES string of the molecule is CC(=O)NC(C(=O)Nc1ccc(Cl)cc1F)C(C)C. The van der Waals surface area contributed by atoms with Crippen LogP contribution in [-0.4, -0.2) is 17.9 Å². The molecule has 0 spiro atoms. The summed E-state index contributed by atoms with van der Waals surface area (Å²) in [6.45, 7) is 4.91. The molecule has 2 N–H and O–H groups in total. The smallest absolute Gasteiger partial charge is 0.247 e. The van der Waals surface area contributed by atoms with Gasteiger partial charge in [-0.3, -0.25) is 9.59 Å². The van der Waals surface area contributed by atoms with Gasteiger partial charge in [0.25, 0.3) is 0 Å². The molecule has 0 aliphatic carbocycles. The lowest BCUT2D eigenvalue weighted by Crippen LogP contribution is -2.46. The second-order valence-electron chi connectivity index (χ2n) is 4.54. The van der Waals surface area contributed by atoms with Gasteiger partial charge in [0, 0.05) is 11.9 Å². The Bertz CT molecular complexity index is 492. The van der Waals surface area contributed by atoms with E-state index in [0.717, 1.165) is 6.07 Å². The van der Waals surface area contributed by atoms with Crippen LogP contribution in [0, 0.1) is 11.7 Å². The van der Waals surface area contributed by atoms with Crippen LogP contribution in [0.5, 0.6) is 0 Å². The van der Waals surface area contributed by atoms with E-state index in [2.05, 4.69) is 10.6 Å². The summed E-state index contributed by atoms with van der Waals surface area (Å²) in [7, 11) is 0. The molecule has 6 heteroatoms. The van der Waals surface area contributed by atoms with Crippen molar-refractivity contribution in [1.82, 2.24) is 5.32 Å². The zero-order valence-corrected chi connectivity index (χ0v) is 11.7. The first-order valence-corrected chi connectivity index (χ1v) is 6.22. The van der Waals surface area contributed by atoms with E-state index in [1.54, 1.807) is 13.8 Å². The standard InChI is InChI=1S/C13H16ClFN2O2/c1-7(2)12(16-8(3)18)13(19)17-11-5-4-9(14)6-10(11)15/h4-7,12H,1-3H3,(H,16,18)(H,17,19). The van der Waals surface area contributed by atoms with E-state index in [0.29, 0.717) is 0 Å². The molecule has 0 saturated heterocycles. The molecule has 104 valence electrons. The molecule has 1 unspecified atom stereocenters. The summed E-state index contributed by atoms with van der Waals surface area (Å²) >= 11 is 5.63. The molecule has 0 aliphatic rings. The minimum Gasteiger partial charge on any atom is -0.344 e. The lowest BCUT2D eigenvalue weighted by molar-refractivity contribution is -0.126. The molecular formula is C13H16ClFN2O2. The lowest BCUT2D eigenvalue weighted by atomic mass is 10.0. The summed E-state index contributed by atoms with van der Waals surface area (Å²) in [5, 5.41) is 5.22. The van der Waals surface area contributed by atoms with Crippen LogP contribution < -0.4 is 10.6 Å². The number of anilines is 1. The zero-order chi connectivity index (χ0) is 14.6. The van der Waals surface area contributed by atoms with Gasteiger partial charge in [0.2, 0.25) is 11.8 Å². The van der Waals surface area contributed by atoms with Gasteiger partial charge in [-0.05, 0) is 24.1 Å². The quantitative estimate of drug-likeness (QED) is 0.894. The minimum atomic E-state index is -0.715. The molecule has 0 saturated carbocycles. The summed E-state index contributed by atoms with van der Waals surface area (Å²) in [6.07, 6.45) is 0. The molecule has 0 fully saturated rings. The molecule has 4 nitrogen and oxygen atoms in total. The second-order valence-corrected chi connectivity index (χ2v) is 4.97. The molecule has 0 aromatic heterocycles. The van der Waals surface area contributed by atoms with Crippen LogP contribution in [0.4, 0.5) is 10.1 Å². The van der Waals surface area contributed by atoms with Crippen LogP contribution in [0.25, 0.3) is 0 Å². The van der Waals surface area contributed by atoms with Gasteiger partial charge in [0.1, 0.15) is 11.9 Å². The van der Waals surface area contributed by atoms with E-state index < -0.39 is 17.8 Å². The molecule has 1 rings (SSSR count). The van der Waals surface area contributed by atoms with Gasteiger partial charge >= 0.3 is 0 Å². The maximum atomic E-state index is 13.6. The van der Waals surface area contributed by atoms with Gasteiger partial charge in [0.05, 0.1) is 5.69 Å². The van der Waals surface area contributed by atoms with Gasteiger partial charge in [0.15, 0.2) is 0 Å². The maximum Gasteiger partial charge on any atom is 0.247 e. The number of hydrogen-bond acceptors (Lipinski definition) is 2. The predicted octanol–water partition coefficient (Wildman–Crippen LogP) is 2.58. The highest BCUT2D eigenvalue weighted by Crippen LogP contribution is 2.19. The second kappa shape index (κ2) is 6.52. The average molecular weight is 287 g/mol. The number of carbonyl (C=O) groups is 2. The third-order valence-electron chi connectivity index (χ3n) is 2.50. The van der Waals surface area contributed by atoms with Crippen molar-refractivity contribution in [3.63, 3.8) is 0 Å². The Labute approximate surface area is 116 Å². The highest BCUT2D eigenvalue weighted by Gasteiger charge is 2.23. The fraction of sp³-hybridized carbons (Fsp3) is 0.385. The van der Waals surface area contributed by atoms with E-state index in [9.17, 15) is 14.0 Å². The van der Waals surface area contributed by atoms with Crippen LogP contribution in [0.1, 0.15) is 20.8 Å². The number of rotatable bonds is 4. The van der Waals surface area contributed by atoms with Crippen molar-refractivity contribution >= 4 is 29.1 Å². The Morgan fingerprint density at radius 3 is 2.42 bits per heavy atom. The number of hydrogen-bond donors (Lipinski definition) is 2. The van der Waals surface area contributed by atoms with E-state index >= 15 is 0 Å². The van der Waals surface area contributed by atoms with Gasteiger partial charge in [-0.15, -0.1) is 0 Å². The van der Waals surface area contributed by atoms with E-state index in [-0.39, 0.29) is 22.5 Å². The monoisotopic (exact) mass is 286 g/mol. The molecule has 0 aliphatic heterocycles. The van der Waals surface area contributed by atoms with Crippen LogP contribution in [-0.2, 0) is 9.59 Å². The van der Waals surface area contributed by atoms with Gasteiger partial charge in [-0.1, -0.05) is 25.4 Å². The Balaban J connectivity index is 2.84. The molecule has 0 radical (unpaired) electrons. The van der Waals surface area contributed by atoms with Crippen molar-refractivity contribution in [2.24, 2.45) is 5.92 Å². The summed E-state index contributed by atoms with van der Waals surface area (Å²) in [5.41, 5.74) is 0.0328. The number of benzene rings is 1. The number of halogens is 2. The predicted molar refractivity (Wildman–Crippen MR) is 72.5 cm³/mol. The van der Waals surface area contributed by atoms with Crippen molar-refractivity contribution in [1.29, 1.82) is 0 Å². The van der Waals surface area contributed by atoms with Crippen molar-refractivity contribution in [3.05, 3.63) is 29.0 Å². The van der Waals surface area contributed by atoms with E-state index in [4.69, 9.17) is 11.6 Å². The summed E-state index contributed by atoms with van der Waals surface area (Å²) in [6, 6.07) is 3.25. The average Bonchev–Trinajstić information content (AvgIpc) is 2.29. The Morgan fingerprint density at radius 1 is 1.32 bits per heavy atom. The molecule has 0 heterocycles. The third-order valence-corrected chi connectivity index (χ3v) is 2.73. The normalized spacial score (nSPS) is 12.1. The molecule has 19 heavy (non-hydrogen) atoms. The summed E-state index contributed by atoms with van der Waals surface area (Å²) in [4.78, 5) is 23.0. The van der Waals surface area contributed by atoms with E-state index in [1.165, 1.54) is 19.1 Å². The van der Waals surface area contributed by atoms with Gasteiger partial charge in [-0.25, -0.2) is 4.39 Å². The third kappa shape index (κ3) is 4.52. The summed E-state index contributed by atoms with van der Waals surface area (Å²) < 4.78 is 13.6. The first kappa shape index (κ1) is 15.4. The minimum absolute atomic E-state index is 0.0328. The van der Waals surface area contributed by atoms with Crippen LogP contribution in [0.3, 0.4) is 0 Å². The fourth-order valence-corrected chi connectivity index (χ4v) is 1.71. The Morgan fingerprint density at radius 2 is 1.95 bits per heavy atom. The molecule has 2 amide bonds. The highest BCUT2D eigenvalue weighted by atomic mass is 35.5. The van der Waals surface area contributed by atoms with Crippen LogP contribution in [0.15, 0.2) is 18.2 Å². The fourth-order valence-electron chi connectivity index (χ4n) is 1.56. The van der Waals surface area contributed by atoms with E-state index in [1.807, 2.05) is 0 Å². The molecule has 1 aromatic rings. The lowest BCUT2D eigenvalue weighted by Gasteiger charge is -2.21. The Hall–Kier alpha value is -1.62. The van der Waals surface area contributed by atoms with Crippen molar-refractivity contribution in [2.45, 2.75) is 26.8 Å². The number of amides is 2. The zero-order valence-electron chi connectivity index (χ0n) is 11.0. The van der Waals surface area contributed by atoms with Crippen molar-refractivity contribution in [2.75, 3.05) is 5.32 Å². The number of nitrogens with one attached hydrogen (secondary N) is 2. The highest BCUT2D eigenvalue weighted by molar-refractivity contribution is 6.30. The van der Waals surface area contributed by atoms with Crippen molar-refractivity contribution in [3.8, 4) is 0 Å². The van der Waals surface area contributed by atoms with Crippen LogP contribution >= 0.6 is 11.6 Å².